The summed E-state index contributed by atoms with van der Waals surface area (Å²) in [7, 11) is -3.60. The number of hydrogen-bond donors (Lipinski definition) is 0. The third kappa shape index (κ3) is 3.80. The lowest BCUT2D eigenvalue weighted by molar-refractivity contribution is 0.384. The highest BCUT2D eigenvalue weighted by atomic mass is 32.2. The predicted octanol–water partition coefficient (Wildman–Crippen LogP) is 3.18. The normalized spacial score (nSPS) is 15.2. The zero-order valence-corrected chi connectivity index (χ0v) is 19.9. The Balaban J connectivity index is 1.24. The lowest BCUT2D eigenvalue weighted by Crippen LogP contribution is -2.49. The zero-order chi connectivity index (χ0) is 24.0. The summed E-state index contributed by atoms with van der Waals surface area (Å²) in [5.41, 5.74) is 3.24. The van der Waals surface area contributed by atoms with Crippen molar-refractivity contribution < 1.29 is 8.42 Å². The Labute approximate surface area is 202 Å². The van der Waals surface area contributed by atoms with Crippen LogP contribution in [0.15, 0.2) is 78.0 Å². The van der Waals surface area contributed by atoms with E-state index in [1.165, 1.54) is 10.6 Å². The van der Waals surface area contributed by atoms with E-state index in [9.17, 15) is 8.42 Å². The number of fused-ring (bicyclic) bond motifs is 2. The maximum atomic E-state index is 13.3. The Bertz CT molecular complexity index is 1640. The second-order valence-electron chi connectivity index (χ2n) is 8.61. The first-order valence-electron chi connectivity index (χ1n) is 11.4. The Morgan fingerprint density at radius 1 is 0.829 bits per heavy atom. The summed E-state index contributed by atoms with van der Waals surface area (Å²) in [6.45, 7) is 3.73. The second kappa shape index (κ2) is 8.40. The number of benzene rings is 3. The second-order valence-corrected chi connectivity index (χ2v) is 10.5. The molecule has 0 spiro atoms. The average molecular weight is 486 g/mol. The van der Waals surface area contributed by atoms with Crippen LogP contribution in [0.25, 0.3) is 27.6 Å². The molecule has 5 aromatic rings. The summed E-state index contributed by atoms with van der Waals surface area (Å²) >= 11 is 0. The predicted molar refractivity (Wildman–Crippen MR) is 134 cm³/mol. The third-order valence-electron chi connectivity index (χ3n) is 6.39. The summed E-state index contributed by atoms with van der Waals surface area (Å²) in [5, 5.41) is 10.6. The van der Waals surface area contributed by atoms with Crippen molar-refractivity contribution in [3.63, 3.8) is 0 Å². The molecule has 0 atom stereocenters. The van der Waals surface area contributed by atoms with Gasteiger partial charge in [-0.1, -0.05) is 53.2 Å². The van der Waals surface area contributed by atoms with Gasteiger partial charge in [0.1, 0.15) is 6.33 Å². The van der Waals surface area contributed by atoms with Crippen molar-refractivity contribution in [1.29, 1.82) is 0 Å². The van der Waals surface area contributed by atoms with Gasteiger partial charge in [0.25, 0.3) is 0 Å². The highest BCUT2D eigenvalue weighted by Gasteiger charge is 2.30. The van der Waals surface area contributed by atoms with Gasteiger partial charge in [0.15, 0.2) is 17.0 Å². The molecule has 0 unspecified atom stereocenters. The molecule has 2 aromatic heterocycles. The van der Waals surface area contributed by atoms with Crippen LogP contribution < -0.4 is 4.90 Å². The standard InChI is InChI=1S/C25H23N7O2S/c1-18-6-9-21(10-7-18)32-25-23(28-29-32)24(26-17-27-25)30-12-14-31(15-13-30)35(33,34)22-11-8-19-4-2-3-5-20(19)16-22/h2-11,16-17H,12-15H2,1H3. The molecule has 9 nitrogen and oxygen atoms in total. The van der Waals surface area contributed by atoms with Crippen molar-refractivity contribution >= 4 is 37.8 Å². The highest BCUT2D eigenvalue weighted by Crippen LogP contribution is 2.26. The Hall–Kier alpha value is -3.89. The van der Waals surface area contributed by atoms with Crippen LogP contribution in [0, 0.1) is 6.92 Å². The fourth-order valence-corrected chi connectivity index (χ4v) is 5.90. The van der Waals surface area contributed by atoms with Crippen LogP contribution in [0.3, 0.4) is 0 Å². The van der Waals surface area contributed by atoms with Gasteiger partial charge in [0.2, 0.25) is 10.0 Å². The third-order valence-corrected chi connectivity index (χ3v) is 8.29. The van der Waals surface area contributed by atoms with Crippen molar-refractivity contribution in [2.45, 2.75) is 11.8 Å². The zero-order valence-electron chi connectivity index (χ0n) is 19.1. The number of rotatable bonds is 4. The molecule has 1 saturated heterocycles. The van der Waals surface area contributed by atoms with Crippen molar-refractivity contribution in [2.24, 2.45) is 0 Å². The minimum atomic E-state index is -3.60. The number of anilines is 1. The monoisotopic (exact) mass is 485 g/mol. The van der Waals surface area contributed by atoms with Crippen LogP contribution in [-0.4, -0.2) is 63.9 Å². The number of hydrogen-bond acceptors (Lipinski definition) is 7. The molecule has 3 aromatic carbocycles. The molecule has 6 rings (SSSR count). The number of sulfonamides is 1. The van der Waals surface area contributed by atoms with Crippen LogP contribution in [0.4, 0.5) is 5.82 Å². The molecule has 1 fully saturated rings. The van der Waals surface area contributed by atoms with Crippen molar-refractivity contribution in [3.05, 3.63) is 78.6 Å². The van der Waals surface area contributed by atoms with Crippen molar-refractivity contribution in [1.82, 2.24) is 29.3 Å². The smallest absolute Gasteiger partial charge is 0.243 e. The molecule has 10 heteroatoms. The molecule has 0 radical (unpaired) electrons. The topological polar surface area (TPSA) is 97.1 Å². The molecule has 1 aliphatic rings. The molecule has 0 bridgehead atoms. The molecular weight excluding hydrogens is 462 g/mol. The summed E-state index contributed by atoms with van der Waals surface area (Å²) in [6.07, 6.45) is 1.50. The van der Waals surface area contributed by atoms with Gasteiger partial charge in [-0.3, -0.25) is 0 Å². The van der Waals surface area contributed by atoms with E-state index in [0.29, 0.717) is 48.1 Å². The van der Waals surface area contributed by atoms with Crippen LogP contribution in [0.5, 0.6) is 0 Å². The fraction of sp³-hybridized carbons (Fsp3) is 0.200. The molecule has 0 N–H and O–H groups in total. The lowest BCUT2D eigenvalue weighted by Gasteiger charge is -2.34. The van der Waals surface area contributed by atoms with E-state index in [-0.39, 0.29) is 0 Å². The van der Waals surface area contributed by atoms with E-state index < -0.39 is 10.0 Å². The van der Waals surface area contributed by atoms with Crippen LogP contribution in [-0.2, 0) is 10.0 Å². The van der Waals surface area contributed by atoms with E-state index in [1.54, 1.807) is 16.8 Å². The summed E-state index contributed by atoms with van der Waals surface area (Å²) in [6, 6.07) is 21.0. The van der Waals surface area contributed by atoms with Gasteiger partial charge < -0.3 is 4.90 Å². The molecule has 0 saturated carbocycles. The number of piperazine rings is 1. The Morgan fingerprint density at radius 3 is 2.34 bits per heavy atom. The first-order valence-corrected chi connectivity index (χ1v) is 12.8. The SMILES string of the molecule is Cc1ccc(-n2nnc3c(N4CCN(S(=O)(=O)c5ccc6ccccc6c5)CC4)ncnc32)cc1. The molecule has 1 aliphatic heterocycles. The number of nitrogens with zero attached hydrogens (tertiary/aromatic N) is 7. The van der Waals surface area contributed by atoms with Gasteiger partial charge in [-0.2, -0.15) is 8.99 Å². The van der Waals surface area contributed by atoms with Gasteiger partial charge in [0.05, 0.1) is 10.6 Å². The van der Waals surface area contributed by atoms with Gasteiger partial charge in [-0.25, -0.2) is 18.4 Å². The van der Waals surface area contributed by atoms with Crippen LogP contribution in [0.2, 0.25) is 0 Å². The van der Waals surface area contributed by atoms with Crippen molar-refractivity contribution in [3.8, 4) is 5.69 Å². The van der Waals surface area contributed by atoms with E-state index in [1.807, 2.05) is 66.4 Å². The van der Waals surface area contributed by atoms with E-state index in [2.05, 4.69) is 20.3 Å². The first kappa shape index (κ1) is 21.6. The Kier molecular flexibility index (Phi) is 5.19. The summed E-state index contributed by atoms with van der Waals surface area (Å²) in [4.78, 5) is 11.2. The van der Waals surface area contributed by atoms with Gasteiger partial charge in [-0.15, -0.1) is 5.10 Å². The lowest BCUT2D eigenvalue weighted by atomic mass is 10.1. The first-order chi connectivity index (χ1) is 17.0. The van der Waals surface area contributed by atoms with Gasteiger partial charge >= 0.3 is 0 Å². The van der Waals surface area contributed by atoms with Crippen LogP contribution >= 0.6 is 0 Å². The van der Waals surface area contributed by atoms with Gasteiger partial charge in [0, 0.05) is 26.2 Å². The quantitative estimate of drug-likeness (QED) is 0.386. The van der Waals surface area contributed by atoms with E-state index in [4.69, 9.17) is 0 Å². The van der Waals surface area contributed by atoms with Gasteiger partial charge in [-0.05, 0) is 42.0 Å². The molecular formula is C25H23N7O2S. The Morgan fingerprint density at radius 2 is 1.57 bits per heavy atom. The molecule has 3 heterocycles. The molecule has 35 heavy (non-hydrogen) atoms. The average Bonchev–Trinajstić information content (AvgIpc) is 3.33. The molecule has 0 aliphatic carbocycles. The van der Waals surface area contributed by atoms with E-state index in [0.717, 1.165) is 22.0 Å². The molecule has 176 valence electrons. The minimum Gasteiger partial charge on any atom is -0.352 e. The van der Waals surface area contributed by atoms with Crippen molar-refractivity contribution in [2.75, 3.05) is 31.1 Å². The maximum absolute atomic E-state index is 13.3. The summed E-state index contributed by atoms with van der Waals surface area (Å²) < 4.78 is 29.9. The maximum Gasteiger partial charge on any atom is 0.243 e. The number of aryl methyl sites for hydroxylation is 1. The minimum absolute atomic E-state index is 0.315. The van der Waals surface area contributed by atoms with E-state index >= 15 is 0 Å². The fourth-order valence-electron chi connectivity index (χ4n) is 4.45. The highest BCUT2D eigenvalue weighted by molar-refractivity contribution is 7.89. The summed E-state index contributed by atoms with van der Waals surface area (Å²) in [5.74, 6) is 0.663. The molecule has 0 amide bonds. The van der Waals surface area contributed by atoms with Crippen LogP contribution in [0.1, 0.15) is 5.56 Å². The largest absolute Gasteiger partial charge is 0.352 e. The number of aromatic nitrogens is 5.